The molecular weight excluding hydrogens is 414 g/mol. The first-order valence-corrected chi connectivity index (χ1v) is 11.2. The molecule has 6 heteroatoms. The van der Waals surface area contributed by atoms with Crippen molar-refractivity contribution in [1.29, 1.82) is 0 Å². The van der Waals surface area contributed by atoms with Crippen LogP contribution in [0.1, 0.15) is 15.9 Å². The maximum absolute atomic E-state index is 12.7. The molecule has 1 fully saturated rings. The highest BCUT2D eigenvalue weighted by atomic mass is 16.5. The summed E-state index contributed by atoms with van der Waals surface area (Å²) in [5, 5.41) is 5.27. The van der Waals surface area contributed by atoms with Gasteiger partial charge < -0.3 is 15.0 Å². The Morgan fingerprint density at radius 2 is 1.67 bits per heavy atom. The Morgan fingerprint density at radius 3 is 2.42 bits per heavy atom. The number of rotatable bonds is 7. The molecule has 170 valence electrons. The first-order chi connectivity index (χ1) is 16.1. The molecule has 1 saturated heterocycles. The molecule has 1 aliphatic heterocycles. The third-order valence-electron chi connectivity index (χ3n) is 5.98. The maximum atomic E-state index is 12.7. The van der Waals surface area contributed by atoms with Gasteiger partial charge in [0.1, 0.15) is 5.75 Å². The van der Waals surface area contributed by atoms with E-state index in [2.05, 4.69) is 28.4 Å². The summed E-state index contributed by atoms with van der Waals surface area (Å²) in [6, 6.07) is 21.4. The topological polar surface area (TPSA) is 61.9 Å². The molecule has 6 nitrogen and oxygen atoms in total. The molecule has 0 bridgehead atoms. The molecule has 3 aromatic rings. The van der Waals surface area contributed by atoms with Gasteiger partial charge in [0.25, 0.3) is 5.91 Å². The summed E-state index contributed by atoms with van der Waals surface area (Å²) in [6.07, 6.45) is 3.58. The molecule has 1 heterocycles. The molecule has 4 rings (SSSR count). The fraction of sp³-hybridized carbons (Fsp3) is 0.259. The van der Waals surface area contributed by atoms with Gasteiger partial charge in [-0.25, -0.2) is 0 Å². The number of amides is 2. The number of piperazine rings is 1. The van der Waals surface area contributed by atoms with Crippen LogP contribution in [0.25, 0.3) is 16.8 Å². The van der Waals surface area contributed by atoms with Crippen LogP contribution in [0, 0.1) is 0 Å². The Balaban J connectivity index is 1.22. The number of nitrogens with one attached hydrogen (secondary N) is 1. The average Bonchev–Trinajstić information content (AvgIpc) is 2.87. The van der Waals surface area contributed by atoms with Crippen molar-refractivity contribution in [3.8, 4) is 5.75 Å². The first kappa shape index (κ1) is 22.6. The Kier molecular flexibility index (Phi) is 7.37. The van der Waals surface area contributed by atoms with Crippen LogP contribution >= 0.6 is 0 Å². The van der Waals surface area contributed by atoms with Crippen LogP contribution in [-0.2, 0) is 4.79 Å². The summed E-state index contributed by atoms with van der Waals surface area (Å²) in [4.78, 5) is 29.1. The van der Waals surface area contributed by atoms with E-state index in [1.165, 1.54) is 5.39 Å². The van der Waals surface area contributed by atoms with Crippen LogP contribution in [0.5, 0.6) is 5.75 Å². The third kappa shape index (κ3) is 5.79. The lowest BCUT2D eigenvalue weighted by Crippen LogP contribution is -2.49. The van der Waals surface area contributed by atoms with Crippen molar-refractivity contribution in [3.63, 3.8) is 0 Å². The van der Waals surface area contributed by atoms with Crippen molar-refractivity contribution in [2.45, 2.75) is 0 Å². The number of ether oxygens (including phenoxy) is 1. The lowest BCUT2D eigenvalue weighted by atomic mass is 10.0. The van der Waals surface area contributed by atoms with Crippen molar-refractivity contribution in [2.24, 2.45) is 0 Å². The van der Waals surface area contributed by atoms with Crippen molar-refractivity contribution in [3.05, 3.63) is 83.9 Å². The van der Waals surface area contributed by atoms with E-state index in [1.807, 2.05) is 35.2 Å². The van der Waals surface area contributed by atoms with Crippen LogP contribution in [-0.4, -0.2) is 68.0 Å². The van der Waals surface area contributed by atoms with Crippen LogP contribution in [0.4, 0.5) is 0 Å². The van der Waals surface area contributed by atoms with E-state index in [4.69, 9.17) is 4.74 Å². The zero-order chi connectivity index (χ0) is 23.0. The molecule has 0 unspecified atom stereocenters. The predicted octanol–water partition coefficient (Wildman–Crippen LogP) is 3.44. The zero-order valence-corrected chi connectivity index (χ0v) is 18.9. The second-order valence-corrected chi connectivity index (χ2v) is 8.05. The van der Waals surface area contributed by atoms with Crippen LogP contribution in [0.3, 0.4) is 0 Å². The maximum Gasteiger partial charge on any atom is 0.251 e. The lowest BCUT2D eigenvalue weighted by molar-refractivity contribution is -0.127. The number of fused-ring (bicyclic) bond motifs is 1. The Labute approximate surface area is 194 Å². The van der Waals surface area contributed by atoms with Gasteiger partial charge in [0, 0.05) is 50.9 Å². The minimum absolute atomic E-state index is 0.0374. The number of methoxy groups -OCH3 is 1. The molecule has 33 heavy (non-hydrogen) atoms. The van der Waals surface area contributed by atoms with Gasteiger partial charge in [-0.15, -0.1) is 0 Å². The molecule has 0 radical (unpaired) electrons. The Hall–Kier alpha value is -3.64. The number of carbonyl (C=O) groups excluding carboxylic acids is 2. The van der Waals surface area contributed by atoms with Crippen LogP contribution in [0.15, 0.2) is 72.8 Å². The quantitative estimate of drug-likeness (QED) is 0.569. The standard InChI is InChI=1S/C27H29N3O3/c1-33-24-12-9-23(10-13-24)27(32)28-15-16-29-17-19-30(20-18-29)26(31)14-11-22-7-4-6-21-5-2-3-8-25(21)22/h2-14H,15-20H2,1H3,(H,28,32). The summed E-state index contributed by atoms with van der Waals surface area (Å²) in [7, 11) is 1.60. The first-order valence-electron chi connectivity index (χ1n) is 11.2. The van der Waals surface area contributed by atoms with E-state index in [9.17, 15) is 9.59 Å². The number of carbonyl (C=O) groups is 2. The van der Waals surface area contributed by atoms with Gasteiger partial charge in [0.15, 0.2) is 0 Å². The molecule has 1 aliphatic rings. The number of benzene rings is 3. The SMILES string of the molecule is COc1ccc(C(=O)NCCN2CCN(C(=O)C=Cc3cccc4ccccc34)CC2)cc1. The van der Waals surface area contributed by atoms with E-state index >= 15 is 0 Å². The summed E-state index contributed by atoms with van der Waals surface area (Å²) < 4.78 is 5.12. The largest absolute Gasteiger partial charge is 0.497 e. The van der Waals surface area contributed by atoms with E-state index in [0.29, 0.717) is 25.2 Å². The molecule has 2 amide bonds. The summed E-state index contributed by atoms with van der Waals surface area (Å²) >= 11 is 0. The lowest BCUT2D eigenvalue weighted by Gasteiger charge is -2.34. The molecular formula is C27H29N3O3. The van der Waals surface area contributed by atoms with E-state index < -0.39 is 0 Å². The highest BCUT2D eigenvalue weighted by Gasteiger charge is 2.19. The van der Waals surface area contributed by atoms with Crippen molar-refractivity contribution >= 4 is 28.7 Å². The Bertz CT molecular complexity index is 1130. The van der Waals surface area contributed by atoms with Crippen LogP contribution < -0.4 is 10.1 Å². The van der Waals surface area contributed by atoms with E-state index in [-0.39, 0.29) is 11.8 Å². The van der Waals surface area contributed by atoms with Gasteiger partial charge in [0.2, 0.25) is 5.91 Å². The van der Waals surface area contributed by atoms with E-state index in [0.717, 1.165) is 36.3 Å². The molecule has 0 saturated carbocycles. The van der Waals surface area contributed by atoms with Gasteiger partial charge >= 0.3 is 0 Å². The van der Waals surface area contributed by atoms with Gasteiger partial charge in [-0.1, -0.05) is 42.5 Å². The van der Waals surface area contributed by atoms with Crippen molar-refractivity contribution in [2.75, 3.05) is 46.4 Å². The minimum Gasteiger partial charge on any atom is -0.497 e. The average molecular weight is 444 g/mol. The van der Waals surface area contributed by atoms with Gasteiger partial charge in [0.05, 0.1) is 7.11 Å². The van der Waals surface area contributed by atoms with Crippen LogP contribution in [0.2, 0.25) is 0 Å². The monoisotopic (exact) mass is 443 g/mol. The molecule has 0 aliphatic carbocycles. The number of hydrogen-bond donors (Lipinski definition) is 1. The molecule has 3 aromatic carbocycles. The smallest absolute Gasteiger partial charge is 0.251 e. The second-order valence-electron chi connectivity index (χ2n) is 8.05. The number of hydrogen-bond acceptors (Lipinski definition) is 4. The van der Waals surface area contributed by atoms with Crippen molar-refractivity contribution < 1.29 is 14.3 Å². The normalized spacial score (nSPS) is 14.5. The van der Waals surface area contributed by atoms with E-state index in [1.54, 1.807) is 37.5 Å². The zero-order valence-electron chi connectivity index (χ0n) is 18.9. The molecule has 0 atom stereocenters. The highest BCUT2D eigenvalue weighted by Crippen LogP contribution is 2.19. The third-order valence-corrected chi connectivity index (χ3v) is 5.98. The summed E-state index contributed by atoms with van der Waals surface area (Å²) in [5.41, 5.74) is 1.66. The summed E-state index contributed by atoms with van der Waals surface area (Å²) in [5.74, 6) is 0.673. The molecule has 1 N–H and O–H groups in total. The summed E-state index contributed by atoms with van der Waals surface area (Å²) in [6.45, 7) is 4.30. The number of nitrogens with zero attached hydrogens (tertiary/aromatic N) is 2. The second kappa shape index (κ2) is 10.8. The molecule has 0 aromatic heterocycles. The van der Waals surface area contributed by atoms with Gasteiger partial charge in [-0.2, -0.15) is 0 Å². The molecule has 0 spiro atoms. The van der Waals surface area contributed by atoms with Gasteiger partial charge in [-0.3, -0.25) is 14.5 Å². The Morgan fingerprint density at radius 1 is 0.939 bits per heavy atom. The highest BCUT2D eigenvalue weighted by molar-refractivity contribution is 5.97. The predicted molar refractivity (Wildman–Crippen MR) is 131 cm³/mol. The minimum atomic E-state index is -0.0926. The fourth-order valence-corrected chi connectivity index (χ4v) is 4.03. The fourth-order valence-electron chi connectivity index (χ4n) is 4.03. The van der Waals surface area contributed by atoms with Crippen molar-refractivity contribution in [1.82, 2.24) is 15.1 Å². The van der Waals surface area contributed by atoms with Gasteiger partial charge in [-0.05, 0) is 46.7 Å².